The van der Waals surface area contributed by atoms with Crippen LogP contribution in [0.3, 0.4) is 0 Å². The van der Waals surface area contributed by atoms with Gasteiger partial charge in [0.05, 0.1) is 5.56 Å². The van der Waals surface area contributed by atoms with Crippen LogP contribution in [0.4, 0.5) is 8.78 Å². The lowest BCUT2D eigenvalue weighted by atomic mass is 10.1. The number of nitrogens with zero attached hydrogens (tertiary/aromatic N) is 1. The van der Waals surface area contributed by atoms with Gasteiger partial charge in [0.25, 0.3) is 0 Å². The first kappa shape index (κ1) is 12.7. The molecule has 0 radical (unpaired) electrons. The van der Waals surface area contributed by atoms with E-state index in [2.05, 4.69) is 10.3 Å². The van der Waals surface area contributed by atoms with Gasteiger partial charge in [0, 0.05) is 12.6 Å². The number of oxazole rings is 1. The molecule has 0 bridgehead atoms. The standard InChI is InChI=1S/C13H14F2N2O/c1-3-16-6-12-13(18-7-17-12)9-4-8(2)10(14)5-11(9)15/h4-5,7,16H,3,6H2,1-2H3. The second-order valence-electron chi connectivity index (χ2n) is 3.99. The second kappa shape index (κ2) is 5.27. The van der Waals surface area contributed by atoms with Crippen molar-refractivity contribution in [2.24, 2.45) is 0 Å². The Kier molecular flexibility index (Phi) is 3.72. The molecule has 0 atom stereocenters. The molecule has 0 aliphatic heterocycles. The largest absolute Gasteiger partial charge is 0.443 e. The molecule has 0 aliphatic carbocycles. The normalized spacial score (nSPS) is 10.9. The number of hydrogen-bond donors (Lipinski definition) is 1. The molecule has 2 rings (SSSR count). The molecular weight excluding hydrogens is 238 g/mol. The van der Waals surface area contributed by atoms with Crippen LogP contribution in [0, 0.1) is 18.6 Å². The fourth-order valence-electron chi connectivity index (χ4n) is 1.69. The summed E-state index contributed by atoms with van der Waals surface area (Å²) in [6, 6.07) is 2.30. The van der Waals surface area contributed by atoms with Crippen molar-refractivity contribution >= 4 is 0 Å². The molecule has 0 saturated heterocycles. The molecule has 0 fully saturated rings. The van der Waals surface area contributed by atoms with Crippen LogP contribution in [0.25, 0.3) is 11.3 Å². The molecule has 1 aromatic carbocycles. The number of hydrogen-bond acceptors (Lipinski definition) is 3. The van der Waals surface area contributed by atoms with Crippen LogP contribution in [0.1, 0.15) is 18.2 Å². The van der Waals surface area contributed by atoms with Gasteiger partial charge in [-0.05, 0) is 25.1 Å². The van der Waals surface area contributed by atoms with Crippen molar-refractivity contribution in [1.29, 1.82) is 0 Å². The highest BCUT2D eigenvalue weighted by atomic mass is 19.1. The number of aryl methyl sites for hydroxylation is 1. The zero-order valence-corrected chi connectivity index (χ0v) is 10.3. The Morgan fingerprint density at radius 3 is 2.78 bits per heavy atom. The lowest BCUT2D eigenvalue weighted by Gasteiger charge is -2.05. The third-order valence-electron chi connectivity index (χ3n) is 2.68. The van der Waals surface area contributed by atoms with E-state index in [1.165, 1.54) is 12.5 Å². The van der Waals surface area contributed by atoms with Gasteiger partial charge < -0.3 is 9.73 Å². The lowest BCUT2D eigenvalue weighted by molar-refractivity contribution is 0.551. The van der Waals surface area contributed by atoms with Crippen molar-refractivity contribution in [1.82, 2.24) is 10.3 Å². The summed E-state index contributed by atoms with van der Waals surface area (Å²) in [6.07, 6.45) is 1.26. The Hall–Kier alpha value is -1.75. The van der Waals surface area contributed by atoms with Gasteiger partial charge in [-0.25, -0.2) is 13.8 Å². The fraction of sp³-hybridized carbons (Fsp3) is 0.308. The van der Waals surface area contributed by atoms with Crippen molar-refractivity contribution in [3.05, 3.63) is 41.4 Å². The average Bonchev–Trinajstić information content (AvgIpc) is 2.79. The van der Waals surface area contributed by atoms with Gasteiger partial charge >= 0.3 is 0 Å². The molecule has 0 amide bonds. The van der Waals surface area contributed by atoms with Gasteiger partial charge in [-0.3, -0.25) is 0 Å². The number of benzene rings is 1. The zero-order chi connectivity index (χ0) is 13.1. The van der Waals surface area contributed by atoms with E-state index in [1.807, 2.05) is 6.92 Å². The van der Waals surface area contributed by atoms with E-state index in [4.69, 9.17) is 4.42 Å². The van der Waals surface area contributed by atoms with Crippen molar-refractivity contribution < 1.29 is 13.2 Å². The monoisotopic (exact) mass is 252 g/mol. The minimum Gasteiger partial charge on any atom is -0.443 e. The minimum absolute atomic E-state index is 0.235. The Labute approximate surface area is 104 Å². The summed E-state index contributed by atoms with van der Waals surface area (Å²) in [5, 5.41) is 3.09. The molecule has 0 saturated carbocycles. The first-order valence-corrected chi connectivity index (χ1v) is 5.72. The third kappa shape index (κ3) is 2.41. The molecule has 96 valence electrons. The summed E-state index contributed by atoms with van der Waals surface area (Å²) in [5.74, 6) is -0.867. The summed E-state index contributed by atoms with van der Waals surface area (Å²) < 4.78 is 32.2. The summed E-state index contributed by atoms with van der Waals surface area (Å²) in [4.78, 5) is 4.03. The number of rotatable bonds is 4. The van der Waals surface area contributed by atoms with Crippen LogP contribution in [-0.2, 0) is 6.54 Å². The van der Waals surface area contributed by atoms with Crippen LogP contribution in [0.15, 0.2) is 22.9 Å². The maximum atomic E-state index is 13.7. The molecule has 0 spiro atoms. The fourth-order valence-corrected chi connectivity index (χ4v) is 1.69. The molecule has 0 aliphatic rings. The van der Waals surface area contributed by atoms with Crippen molar-refractivity contribution in [3.8, 4) is 11.3 Å². The predicted octanol–water partition coefficient (Wildman–Crippen LogP) is 3.04. The Morgan fingerprint density at radius 1 is 1.28 bits per heavy atom. The maximum Gasteiger partial charge on any atom is 0.181 e. The summed E-state index contributed by atoms with van der Waals surface area (Å²) in [7, 11) is 0. The topological polar surface area (TPSA) is 38.1 Å². The number of halogens is 2. The van der Waals surface area contributed by atoms with Gasteiger partial charge in [-0.15, -0.1) is 0 Å². The van der Waals surface area contributed by atoms with Crippen molar-refractivity contribution in [2.45, 2.75) is 20.4 Å². The van der Waals surface area contributed by atoms with Crippen LogP contribution < -0.4 is 5.32 Å². The molecule has 2 aromatic rings. The molecule has 18 heavy (non-hydrogen) atoms. The van der Waals surface area contributed by atoms with Crippen molar-refractivity contribution in [2.75, 3.05) is 6.54 Å². The molecule has 1 aromatic heterocycles. The molecule has 3 nitrogen and oxygen atoms in total. The predicted molar refractivity (Wildman–Crippen MR) is 64.0 cm³/mol. The van der Waals surface area contributed by atoms with Crippen LogP contribution >= 0.6 is 0 Å². The third-order valence-corrected chi connectivity index (χ3v) is 2.68. The average molecular weight is 252 g/mol. The van der Waals surface area contributed by atoms with E-state index in [9.17, 15) is 8.78 Å². The molecular formula is C13H14F2N2O. The van der Waals surface area contributed by atoms with Crippen LogP contribution in [-0.4, -0.2) is 11.5 Å². The highest BCUT2D eigenvalue weighted by Gasteiger charge is 2.16. The van der Waals surface area contributed by atoms with Crippen LogP contribution in [0.2, 0.25) is 0 Å². The maximum absolute atomic E-state index is 13.7. The Morgan fingerprint density at radius 2 is 2.06 bits per heavy atom. The smallest absolute Gasteiger partial charge is 0.181 e. The second-order valence-corrected chi connectivity index (χ2v) is 3.99. The van der Waals surface area contributed by atoms with E-state index in [0.29, 0.717) is 23.6 Å². The highest BCUT2D eigenvalue weighted by Crippen LogP contribution is 2.28. The Balaban J connectivity index is 2.42. The molecule has 0 unspecified atom stereocenters. The van der Waals surface area contributed by atoms with Gasteiger partial charge in [0.1, 0.15) is 17.3 Å². The highest BCUT2D eigenvalue weighted by molar-refractivity contribution is 5.61. The molecule has 1 heterocycles. The lowest BCUT2D eigenvalue weighted by Crippen LogP contribution is -2.12. The quantitative estimate of drug-likeness (QED) is 0.908. The van der Waals surface area contributed by atoms with E-state index >= 15 is 0 Å². The van der Waals surface area contributed by atoms with E-state index in [0.717, 1.165) is 12.6 Å². The first-order chi connectivity index (χ1) is 8.63. The van der Waals surface area contributed by atoms with Crippen LogP contribution in [0.5, 0.6) is 0 Å². The zero-order valence-electron chi connectivity index (χ0n) is 10.3. The van der Waals surface area contributed by atoms with Crippen molar-refractivity contribution in [3.63, 3.8) is 0 Å². The SMILES string of the molecule is CCNCc1ncoc1-c1cc(C)c(F)cc1F. The van der Waals surface area contributed by atoms with Gasteiger partial charge in [-0.2, -0.15) is 0 Å². The minimum atomic E-state index is -0.646. The molecule has 5 heteroatoms. The van der Waals surface area contributed by atoms with E-state index in [-0.39, 0.29) is 5.56 Å². The van der Waals surface area contributed by atoms with Gasteiger partial charge in [0.15, 0.2) is 12.2 Å². The van der Waals surface area contributed by atoms with Gasteiger partial charge in [-0.1, -0.05) is 6.92 Å². The van der Waals surface area contributed by atoms with E-state index in [1.54, 1.807) is 6.92 Å². The summed E-state index contributed by atoms with van der Waals surface area (Å²) in [5.41, 5.74) is 1.22. The van der Waals surface area contributed by atoms with Gasteiger partial charge in [0.2, 0.25) is 0 Å². The first-order valence-electron chi connectivity index (χ1n) is 5.72. The summed E-state index contributed by atoms with van der Waals surface area (Å²) in [6.45, 7) is 4.80. The number of aromatic nitrogens is 1. The Bertz CT molecular complexity index is 552. The number of nitrogens with one attached hydrogen (secondary N) is 1. The summed E-state index contributed by atoms with van der Waals surface area (Å²) >= 11 is 0. The molecule has 1 N–H and O–H groups in total. The van der Waals surface area contributed by atoms with E-state index < -0.39 is 11.6 Å².